The molecule has 2 amide bonds. The van der Waals surface area contributed by atoms with Gasteiger partial charge in [-0.1, -0.05) is 25.1 Å². The van der Waals surface area contributed by atoms with Gasteiger partial charge in [0, 0.05) is 17.6 Å². The van der Waals surface area contributed by atoms with Gasteiger partial charge in [0.15, 0.2) is 0 Å². The Kier molecular flexibility index (Phi) is 3.51. The molecule has 2 heterocycles. The molecule has 0 radical (unpaired) electrons. The summed E-state index contributed by atoms with van der Waals surface area (Å²) < 4.78 is 0. The monoisotopic (exact) mass is 300 g/mol. The van der Waals surface area contributed by atoms with E-state index < -0.39 is 0 Å². The van der Waals surface area contributed by atoms with Gasteiger partial charge >= 0.3 is 0 Å². The fourth-order valence-electron chi connectivity index (χ4n) is 2.43. The maximum absolute atomic E-state index is 12.5. The lowest BCUT2D eigenvalue weighted by Gasteiger charge is -2.20. The third-order valence-electron chi connectivity index (χ3n) is 3.58. The smallest absolute Gasteiger partial charge is 0.241 e. The molecule has 0 unspecified atom stereocenters. The van der Waals surface area contributed by atoms with E-state index in [4.69, 9.17) is 0 Å². The molecule has 1 aromatic heterocycles. The number of para-hydroxylation sites is 1. The van der Waals surface area contributed by atoms with Crippen LogP contribution in [0.15, 0.2) is 36.4 Å². The molecular formula is C16H16N2O2S. The summed E-state index contributed by atoms with van der Waals surface area (Å²) in [5, 5.41) is 0.839. The molecule has 1 aliphatic heterocycles. The molecular weight excluding hydrogens is 284 g/mol. The molecule has 4 nitrogen and oxygen atoms in total. The second-order valence-corrected chi connectivity index (χ2v) is 6.07. The van der Waals surface area contributed by atoms with Crippen molar-refractivity contribution in [3.63, 3.8) is 0 Å². The van der Waals surface area contributed by atoms with Gasteiger partial charge in [0.1, 0.15) is 11.4 Å². The number of carbonyl (C=O) groups excluding carboxylic acids is 2. The quantitative estimate of drug-likeness (QED) is 0.798. The van der Waals surface area contributed by atoms with E-state index >= 15 is 0 Å². The Morgan fingerprint density at radius 1 is 1.14 bits per heavy atom. The molecule has 0 saturated carbocycles. The first-order chi connectivity index (χ1) is 10.1. The van der Waals surface area contributed by atoms with Gasteiger partial charge < -0.3 is 4.90 Å². The Balaban J connectivity index is 2.19. The van der Waals surface area contributed by atoms with E-state index in [0.717, 1.165) is 27.7 Å². The predicted octanol–water partition coefficient (Wildman–Crippen LogP) is 3.34. The van der Waals surface area contributed by atoms with E-state index in [-0.39, 0.29) is 18.2 Å². The summed E-state index contributed by atoms with van der Waals surface area (Å²) in [4.78, 5) is 29.1. The van der Waals surface area contributed by atoms with Crippen LogP contribution in [0, 0.1) is 0 Å². The molecule has 0 fully saturated rings. The highest BCUT2D eigenvalue weighted by Crippen LogP contribution is 2.43. The van der Waals surface area contributed by atoms with Crippen molar-refractivity contribution in [1.82, 2.24) is 0 Å². The fourth-order valence-corrected chi connectivity index (χ4v) is 3.49. The van der Waals surface area contributed by atoms with Crippen LogP contribution >= 0.6 is 11.3 Å². The van der Waals surface area contributed by atoms with Gasteiger partial charge in [0.2, 0.25) is 11.8 Å². The number of aryl methyl sites for hydroxylation is 1. The van der Waals surface area contributed by atoms with Gasteiger partial charge in [-0.2, -0.15) is 0 Å². The Morgan fingerprint density at radius 2 is 1.86 bits per heavy atom. The van der Waals surface area contributed by atoms with Crippen LogP contribution in [-0.4, -0.2) is 18.9 Å². The Morgan fingerprint density at radius 3 is 2.52 bits per heavy atom. The number of nitrogens with zero attached hydrogens (tertiary/aromatic N) is 2. The molecule has 5 heteroatoms. The van der Waals surface area contributed by atoms with Crippen LogP contribution in [0.4, 0.5) is 16.4 Å². The lowest BCUT2D eigenvalue weighted by molar-refractivity contribution is -0.125. The van der Waals surface area contributed by atoms with Gasteiger partial charge in [-0.15, -0.1) is 11.3 Å². The zero-order valence-electron chi connectivity index (χ0n) is 12.0. The number of rotatable bonds is 2. The van der Waals surface area contributed by atoms with Crippen LogP contribution in [0.3, 0.4) is 0 Å². The summed E-state index contributed by atoms with van der Waals surface area (Å²) in [7, 11) is 1.74. The third-order valence-corrected chi connectivity index (χ3v) is 4.92. The van der Waals surface area contributed by atoms with Crippen LogP contribution in [0.5, 0.6) is 0 Å². The highest BCUT2D eigenvalue weighted by atomic mass is 32.1. The minimum atomic E-state index is -0.183. The topological polar surface area (TPSA) is 40.6 Å². The van der Waals surface area contributed by atoms with E-state index in [0.29, 0.717) is 0 Å². The summed E-state index contributed by atoms with van der Waals surface area (Å²) in [6, 6.07) is 11.5. The van der Waals surface area contributed by atoms with E-state index in [1.165, 1.54) is 0 Å². The van der Waals surface area contributed by atoms with Crippen LogP contribution in [-0.2, 0) is 16.0 Å². The number of fused-ring (bicyclic) bond motifs is 1. The lowest BCUT2D eigenvalue weighted by Crippen LogP contribution is -2.28. The predicted molar refractivity (Wildman–Crippen MR) is 85.3 cm³/mol. The molecule has 21 heavy (non-hydrogen) atoms. The Bertz CT molecular complexity index is 694. The van der Waals surface area contributed by atoms with Gasteiger partial charge in [0.25, 0.3) is 0 Å². The van der Waals surface area contributed by atoms with E-state index in [1.54, 1.807) is 28.2 Å². The summed E-state index contributed by atoms with van der Waals surface area (Å²) in [6.45, 7) is 2.07. The van der Waals surface area contributed by atoms with Crippen LogP contribution < -0.4 is 9.80 Å². The summed E-state index contributed by atoms with van der Waals surface area (Å²) in [6.07, 6.45) is 0.783. The van der Waals surface area contributed by atoms with Crippen molar-refractivity contribution in [2.75, 3.05) is 16.8 Å². The number of thiophene rings is 1. The highest BCUT2D eigenvalue weighted by Gasteiger charge is 2.32. The fraction of sp³-hybridized carbons (Fsp3) is 0.250. The standard InChI is InChI=1S/C16H16N2O2S/c1-3-12-9-13-16(21-12)17(2)14(19)10-15(20)18(13)11-7-5-4-6-8-11/h4-9H,3,10H2,1-2H3. The molecule has 0 spiro atoms. The SMILES string of the molecule is CCc1cc2c(s1)N(C)C(=O)CC(=O)N2c1ccccc1. The van der Waals surface area contributed by atoms with Crippen LogP contribution in [0.2, 0.25) is 0 Å². The summed E-state index contributed by atoms with van der Waals surface area (Å²) >= 11 is 1.57. The number of amides is 2. The molecule has 3 rings (SSSR count). The van der Waals surface area contributed by atoms with E-state index in [9.17, 15) is 9.59 Å². The molecule has 2 aromatic rings. The van der Waals surface area contributed by atoms with Crippen molar-refractivity contribution in [3.8, 4) is 0 Å². The first kappa shape index (κ1) is 13.8. The second kappa shape index (κ2) is 5.33. The minimum absolute atomic E-state index is 0.103. The molecule has 0 atom stereocenters. The van der Waals surface area contributed by atoms with Crippen LogP contribution in [0.25, 0.3) is 0 Å². The van der Waals surface area contributed by atoms with Gasteiger partial charge in [-0.05, 0) is 24.6 Å². The molecule has 0 N–H and O–H groups in total. The Hall–Kier alpha value is -2.14. The number of hydrogen-bond acceptors (Lipinski definition) is 3. The third kappa shape index (κ3) is 2.34. The highest BCUT2D eigenvalue weighted by molar-refractivity contribution is 7.17. The normalized spacial score (nSPS) is 15.1. The number of carbonyl (C=O) groups is 2. The maximum Gasteiger partial charge on any atom is 0.241 e. The molecule has 1 aromatic carbocycles. The van der Waals surface area contributed by atoms with Crippen molar-refractivity contribution in [2.24, 2.45) is 0 Å². The van der Waals surface area contributed by atoms with Gasteiger partial charge in [0.05, 0.1) is 5.69 Å². The zero-order chi connectivity index (χ0) is 15.0. The zero-order valence-corrected chi connectivity index (χ0v) is 12.8. The van der Waals surface area contributed by atoms with Crippen molar-refractivity contribution >= 4 is 39.5 Å². The van der Waals surface area contributed by atoms with Gasteiger partial charge in [-0.3, -0.25) is 14.5 Å². The number of hydrogen-bond donors (Lipinski definition) is 0. The summed E-state index contributed by atoms with van der Waals surface area (Å²) in [5.41, 5.74) is 1.61. The van der Waals surface area contributed by atoms with Gasteiger partial charge in [-0.25, -0.2) is 0 Å². The first-order valence-corrected chi connectivity index (χ1v) is 7.70. The summed E-state index contributed by atoms with van der Waals surface area (Å²) in [5.74, 6) is -0.346. The van der Waals surface area contributed by atoms with Crippen molar-refractivity contribution in [2.45, 2.75) is 19.8 Å². The minimum Gasteiger partial charge on any atom is -0.305 e. The van der Waals surface area contributed by atoms with Crippen molar-refractivity contribution in [3.05, 3.63) is 41.3 Å². The maximum atomic E-state index is 12.5. The number of benzene rings is 1. The molecule has 1 aliphatic rings. The number of anilines is 3. The van der Waals surface area contributed by atoms with E-state index in [1.807, 2.05) is 36.4 Å². The van der Waals surface area contributed by atoms with Crippen molar-refractivity contribution < 1.29 is 9.59 Å². The first-order valence-electron chi connectivity index (χ1n) is 6.89. The van der Waals surface area contributed by atoms with Crippen LogP contribution in [0.1, 0.15) is 18.2 Å². The average molecular weight is 300 g/mol. The molecule has 0 aliphatic carbocycles. The van der Waals surface area contributed by atoms with E-state index in [2.05, 4.69) is 6.92 Å². The molecule has 0 saturated heterocycles. The lowest BCUT2D eigenvalue weighted by atomic mass is 10.2. The largest absolute Gasteiger partial charge is 0.305 e. The second-order valence-electron chi connectivity index (χ2n) is 4.95. The van der Waals surface area contributed by atoms with Crippen molar-refractivity contribution in [1.29, 1.82) is 0 Å². The average Bonchev–Trinajstić information content (AvgIpc) is 2.88. The Labute approximate surface area is 127 Å². The molecule has 108 valence electrons. The molecule has 0 bridgehead atoms.